The van der Waals surface area contributed by atoms with E-state index in [1.54, 1.807) is 0 Å². The molecule has 21 heavy (non-hydrogen) atoms. The van der Waals surface area contributed by atoms with Crippen LogP contribution < -0.4 is 5.73 Å². The maximum Gasteiger partial charge on any atom is 0.00418 e. The van der Waals surface area contributed by atoms with Gasteiger partial charge in [0, 0.05) is 6.04 Å². The minimum absolute atomic E-state index is 0. The lowest BCUT2D eigenvalue weighted by Gasteiger charge is -2.60. The molecule has 122 valence electrons. The third kappa shape index (κ3) is 2.29. The molecule has 0 saturated heterocycles. The van der Waals surface area contributed by atoms with E-state index in [1.165, 1.54) is 64.2 Å². The zero-order valence-corrected chi connectivity index (χ0v) is 14.8. The van der Waals surface area contributed by atoms with E-state index in [2.05, 4.69) is 13.8 Å². The largest absolute Gasteiger partial charge is 0.328 e. The maximum atomic E-state index is 6.28. The number of nitrogens with two attached hydrogens (primary N) is 1. The topological polar surface area (TPSA) is 26.0 Å². The number of rotatable bonds is 0. The smallest absolute Gasteiger partial charge is 0.00418 e. The second-order valence-electron chi connectivity index (χ2n) is 9.28. The van der Waals surface area contributed by atoms with Crippen molar-refractivity contribution in [2.24, 2.45) is 40.2 Å². The van der Waals surface area contributed by atoms with Crippen LogP contribution in [-0.2, 0) is 0 Å². The molecule has 4 aliphatic carbocycles. The fraction of sp³-hybridized carbons (Fsp3) is 1.00. The standard InChI is InChI=1S/C19H33N.ClH/c1-18-9-3-4-16(18)15-6-5-13-12-14(20)7-11-19(13,2)17(15)8-10-18;/h13-17H,3-12,20H2,1-2H3;1H/t13-,14-,15-,16-,17-,18-,19-;/m0./s1. The summed E-state index contributed by atoms with van der Waals surface area (Å²) in [5.41, 5.74) is 7.63. The van der Waals surface area contributed by atoms with Gasteiger partial charge in [-0.15, -0.1) is 12.4 Å². The highest BCUT2D eigenvalue weighted by Crippen LogP contribution is 2.66. The van der Waals surface area contributed by atoms with Crippen LogP contribution in [0, 0.1) is 34.5 Å². The molecule has 0 aromatic heterocycles. The zero-order chi connectivity index (χ0) is 14.0. The van der Waals surface area contributed by atoms with Crippen LogP contribution in [0.4, 0.5) is 0 Å². The summed E-state index contributed by atoms with van der Waals surface area (Å²) in [5, 5.41) is 0. The molecule has 4 aliphatic rings. The molecular weight excluding hydrogens is 278 g/mol. The normalized spacial score (nSPS) is 55.9. The first kappa shape index (κ1) is 16.1. The highest BCUT2D eigenvalue weighted by Gasteiger charge is 2.57. The van der Waals surface area contributed by atoms with Gasteiger partial charge in [0.1, 0.15) is 0 Å². The molecule has 0 aromatic rings. The van der Waals surface area contributed by atoms with Crippen LogP contribution in [0.3, 0.4) is 0 Å². The molecule has 0 spiro atoms. The van der Waals surface area contributed by atoms with Crippen molar-refractivity contribution in [3.63, 3.8) is 0 Å². The third-order valence-corrected chi connectivity index (χ3v) is 8.49. The molecule has 0 radical (unpaired) electrons. The molecule has 7 atom stereocenters. The van der Waals surface area contributed by atoms with Crippen LogP contribution in [-0.4, -0.2) is 6.04 Å². The molecule has 1 nitrogen and oxygen atoms in total. The Morgan fingerprint density at radius 3 is 2.48 bits per heavy atom. The Morgan fingerprint density at radius 1 is 0.857 bits per heavy atom. The predicted molar refractivity (Wildman–Crippen MR) is 91.6 cm³/mol. The molecule has 2 N–H and O–H groups in total. The van der Waals surface area contributed by atoms with Crippen molar-refractivity contribution in [3.8, 4) is 0 Å². The monoisotopic (exact) mass is 311 g/mol. The number of fused-ring (bicyclic) bond motifs is 5. The van der Waals surface area contributed by atoms with E-state index in [9.17, 15) is 0 Å². The fourth-order valence-electron chi connectivity index (χ4n) is 7.28. The van der Waals surface area contributed by atoms with E-state index in [0.29, 0.717) is 11.5 Å². The summed E-state index contributed by atoms with van der Waals surface area (Å²) in [7, 11) is 0. The fourth-order valence-corrected chi connectivity index (χ4v) is 7.28. The molecule has 2 heteroatoms. The van der Waals surface area contributed by atoms with Gasteiger partial charge < -0.3 is 5.73 Å². The SMILES string of the molecule is C[C@@]12CCC[C@H]1[C@@H]1CC[C@H]3C[C@@H](N)CC[C@]3(C)[C@H]1CC2.Cl. The van der Waals surface area contributed by atoms with Gasteiger partial charge in [-0.25, -0.2) is 0 Å². The summed E-state index contributed by atoms with van der Waals surface area (Å²) >= 11 is 0. The first-order valence-electron chi connectivity index (χ1n) is 9.28. The summed E-state index contributed by atoms with van der Waals surface area (Å²) in [5.74, 6) is 4.10. The van der Waals surface area contributed by atoms with Gasteiger partial charge in [-0.2, -0.15) is 0 Å². The minimum atomic E-state index is 0. The number of hydrogen-bond acceptors (Lipinski definition) is 1. The van der Waals surface area contributed by atoms with Crippen molar-refractivity contribution in [3.05, 3.63) is 0 Å². The van der Waals surface area contributed by atoms with E-state index >= 15 is 0 Å². The predicted octanol–water partition coefficient (Wildman–Crippen LogP) is 5.17. The molecule has 0 bridgehead atoms. The van der Waals surface area contributed by atoms with Gasteiger partial charge in [-0.3, -0.25) is 0 Å². The molecule has 4 saturated carbocycles. The average molecular weight is 312 g/mol. The molecular formula is C19H34ClN. The lowest BCUT2D eigenvalue weighted by atomic mass is 9.45. The van der Waals surface area contributed by atoms with Crippen LogP contribution in [0.25, 0.3) is 0 Å². The third-order valence-electron chi connectivity index (χ3n) is 8.49. The lowest BCUT2D eigenvalue weighted by Crippen LogP contribution is -2.53. The van der Waals surface area contributed by atoms with E-state index < -0.39 is 0 Å². The van der Waals surface area contributed by atoms with Gasteiger partial charge in [0.05, 0.1) is 0 Å². The van der Waals surface area contributed by atoms with Gasteiger partial charge in [0.2, 0.25) is 0 Å². The molecule has 0 amide bonds. The van der Waals surface area contributed by atoms with Gasteiger partial charge in [-0.1, -0.05) is 20.3 Å². The van der Waals surface area contributed by atoms with Crippen molar-refractivity contribution in [2.75, 3.05) is 0 Å². The highest BCUT2D eigenvalue weighted by atomic mass is 35.5. The van der Waals surface area contributed by atoms with Crippen molar-refractivity contribution in [1.82, 2.24) is 0 Å². The van der Waals surface area contributed by atoms with Crippen LogP contribution in [0.15, 0.2) is 0 Å². The molecule has 4 fully saturated rings. The Labute approximate surface area is 137 Å². The van der Waals surface area contributed by atoms with Gasteiger partial charge in [0.25, 0.3) is 0 Å². The van der Waals surface area contributed by atoms with E-state index in [4.69, 9.17) is 5.73 Å². The van der Waals surface area contributed by atoms with Crippen molar-refractivity contribution in [2.45, 2.75) is 84.1 Å². The Morgan fingerprint density at radius 2 is 1.67 bits per heavy atom. The summed E-state index contributed by atoms with van der Waals surface area (Å²) in [6.07, 6.45) is 14.7. The Hall–Kier alpha value is 0.250. The Balaban J connectivity index is 0.00000132. The molecule has 0 unspecified atom stereocenters. The molecule has 0 aliphatic heterocycles. The van der Waals surface area contributed by atoms with Crippen molar-refractivity contribution >= 4 is 12.4 Å². The Bertz CT molecular complexity index is 397. The summed E-state index contributed by atoms with van der Waals surface area (Å²) in [4.78, 5) is 0. The minimum Gasteiger partial charge on any atom is -0.328 e. The quantitative estimate of drug-likeness (QED) is 0.656. The van der Waals surface area contributed by atoms with Crippen LogP contribution in [0.1, 0.15) is 78.1 Å². The number of hydrogen-bond donors (Lipinski definition) is 1. The maximum absolute atomic E-state index is 6.28. The summed E-state index contributed by atoms with van der Waals surface area (Å²) in [6, 6.07) is 0.505. The first-order chi connectivity index (χ1) is 9.53. The molecule has 0 aromatic carbocycles. The molecule has 0 heterocycles. The van der Waals surface area contributed by atoms with Crippen LogP contribution in [0.2, 0.25) is 0 Å². The van der Waals surface area contributed by atoms with E-state index in [0.717, 1.165) is 29.1 Å². The second-order valence-corrected chi connectivity index (χ2v) is 9.28. The van der Waals surface area contributed by atoms with Gasteiger partial charge in [0.15, 0.2) is 0 Å². The van der Waals surface area contributed by atoms with Crippen molar-refractivity contribution < 1.29 is 0 Å². The van der Waals surface area contributed by atoms with E-state index in [-0.39, 0.29) is 12.4 Å². The summed E-state index contributed by atoms with van der Waals surface area (Å²) in [6.45, 7) is 5.27. The lowest BCUT2D eigenvalue weighted by molar-refractivity contribution is -0.105. The van der Waals surface area contributed by atoms with E-state index in [1.807, 2.05) is 0 Å². The summed E-state index contributed by atoms with van der Waals surface area (Å²) < 4.78 is 0. The zero-order valence-electron chi connectivity index (χ0n) is 13.9. The van der Waals surface area contributed by atoms with Gasteiger partial charge in [-0.05, 0) is 92.3 Å². The van der Waals surface area contributed by atoms with Crippen LogP contribution >= 0.6 is 12.4 Å². The Kier molecular flexibility index (Phi) is 4.15. The first-order valence-corrected chi connectivity index (χ1v) is 9.28. The molecule has 4 rings (SSSR count). The van der Waals surface area contributed by atoms with Gasteiger partial charge >= 0.3 is 0 Å². The van der Waals surface area contributed by atoms with Crippen molar-refractivity contribution in [1.29, 1.82) is 0 Å². The second kappa shape index (κ2) is 5.41. The van der Waals surface area contributed by atoms with Crippen LogP contribution in [0.5, 0.6) is 0 Å². The average Bonchev–Trinajstić information content (AvgIpc) is 2.81. The number of halogens is 1. The highest BCUT2D eigenvalue weighted by molar-refractivity contribution is 5.85.